The van der Waals surface area contributed by atoms with Gasteiger partial charge in [-0.1, -0.05) is 79.5 Å². The van der Waals surface area contributed by atoms with E-state index in [0.717, 1.165) is 28.3 Å². The maximum Gasteiger partial charge on any atom is 0.269 e. The predicted octanol–water partition coefficient (Wildman–Crippen LogP) is 4.82. The summed E-state index contributed by atoms with van der Waals surface area (Å²) < 4.78 is 26.7. The molecule has 1 atom stereocenters. The van der Waals surface area contributed by atoms with Gasteiger partial charge in [0, 0.05) is 37.5 Å². The summed E-state index contributed by atoms with van der Waals surface area (Å²) in [5.74, 6) is -1.18. The Morgan fingerprint density at radius 1 is 0.951 bits per heavy atom. The molecule has 0 saturated carbocycles. The quantitative estimate of drug-likeness (QED) is 0.285. The third kappa shape index (κ3) is 7.34. The molecule has 0 spiro atoms. The smallest absolute Gasteiger partial charge is 0.269 e. The largest absolute Gasteiger partial charge is 0.354 e. The van der Waals surface area contributed by atoms with Crippen molar-refractivity contribution in [1.29, 1.82) is 0 Å². The highest BCUT2D eigenvalue weighted by molar-refractivity contribution is 7.90. The molecule has 10 heteroatoms. The van der Waals surface area contributed by atoms with E-state index in [4.69, 9.17) is 11.6 Å². The lowest BCUT2D eigenvalue weighted by Gasteiger charge is -2.32. The predicted molar refractivity (Wildman–Crippen MR) is 158 cm³/mol. The standard InChI is InChI=1S/C31H34ClN3O5S/c1-2-3-18-33-30(37)27(21-23-11-5-4-6-12-23)34(22-24-13-9-14-25(32)20-24)29(36)17-10-19-35-31(38)26-15-7-8-16-28(26)41(35,39)40/h4-9,11-16,20,27H,2-3,10,17-19,21-22H2,1H3,(H,33,37)/t27-/m0/s1. The Morgan fingerprint density at radius 3 is 2.37 bits per heavy atom. The maximum atomic E-state index is 13.8. The van der Waals surface area contributed by atoms with Crippen LogP contribution < -0.4 is 5.32 Å². The molecule has 0 aliphatic carbocycles. The summed E-state index contributed by atoms with van der Waals surface area (Å²) in [5.41, 5.74) is 1.80. The SMILES string of the molecule is CCCCNC(=O)[C@H](Cc1ccccc1)N(Cc1cccc(Cl)c1)C(=O)CCCN1C(=O)c2ccccc2S1(=O)=O. The van der Waals surface area contributed by atoms with E-state index >= 15 is 0 Å². The van der Waals surface area contributed by atoms with Gasteiger partial charge in [-0.05, 0) is 48.2 Å². The lowest BCUT2D eigenvalue weighted by molar-refractivity contribution is -0.141. The van der Waals surface area contributed by atoms with Gasteiger partial charge in [-0.15, -0.1) is 0 Å². The van der Waals surface area contributed by atoms with Crippen molar-refractivity contribution < 1.29 is 22.8 Å². The summed E-state index contributed by atoms with van der Waals surface area (Å²) in [6.45, 7) is 2.53. The average molecular weight is 596 g/mol. The molecule has 1 N–H and O–H groups in total. The summed E-state index contributed by atoms with van der Waals surface area (Å²) in [6.07, 6.45) is 2.09. The Labute approximate surface area is 246 Å². The normalized spacial score (nSPS) is 14.4. The number of amides is 3. The molecule has 3 aromatic rings. The topological polar surface area (TPSA) is 104 Å². The van der Waals surface area contributed by atoms with Crippen LogP contribution in [0.5, 0.6) is 0 Å². The van der Waals surface area contributed by atoms with E-state index in [-0.39, 0.29) is 48.2 Å². The molecule has 3 amide bonds. The number of carbonyl (C=O) groups excluding carboxylic acids is 3. The summed E-state index contributed by atoms with van der Waals surface area (Å²) in [4.78, 5) is 41.6. The van der Waals surface area contributed by atoms with Gasteiger partial charge in [-0.3, -0.25) is 14.4 Å². The zero-order valence-electron chi connectivity index (χ0n) is 23.0. The van der Waals surface area contributed by atoms with Gasteiger partial charge >= 0.3 is 0 Å². The van der Waals surface area contributed by atoms with Crippen LogP contribution in [0.15, 0.2) is 83.8 Å². The molecule has 0 fully saturated rings. The van der Waals surface area contributed by atoms with Crippen LogP contribution in [0.3, 0.4) is 0 Å². The van der Waals surface area contributed by atoms with Crippen molar-refractivity contribution in [3.8, 4) is 0 Å². The number of sulfonamides is 1. The van der Waals surface area contributed by atoms with Crippen LogP contribution in [-0.2, 0) is 32.6 Å². The molecule has 8 nitrogen and oxygen atoms in total. The highest BCUT2D eigenvalue weighted by Gasteiger charge is 2.40. The fourth-order valence-electron chi connectivity index (χ4n) is 4.86. The molecule has 0 aromatic heterocycles. The second-order valence-corrected chi connectivity index (χ2v) is 12.3. The molecule has 1 aliphatic rings. The van der Waals surface area contributed by atoms with E-state index in [2.05, 4.69) is 5.32 Å². The molecular weight excluding hydrogens is 562 g/mol. The molecule has 0 bridgehead atoms. The molecule has 0 radical (unpaired) electrons. The monoisotopic (exact) mass is 595 g/mol. The van der Waals surface area contributed by atoms with Crippen LogP contribution in [0, 0.1) is 0 Å². The number of hydrogen-bond donors (Lipinski definition) is 1. The van der Waals surface area contributed by atoms with Crippen LogP contribution in [0.1, 0.15) is 54.1 Å². The fraction of sp³-hybridized carbons (Fsp3) is 0.323. The van der Waals surface area contributed by atoms with Crippen LogP contribution in [0.2, 0.25) is 5.02 Å². The van der Waals surface area contributed by atoms with Gasteiger partial charge in [0.2, 0.25) is 11.8 Å². The van der Waals surface area contributed by atoms with Crippen LogP contribution in [0.25, 0.3) is 0 Å². The van der Waals surface area contributed by atoms with E-state index in [1.807, 2.05) is 43.3 Å². The summed E-state index contributed by atoms with van der Waals surface area (Å²) in [5, 5.41) is 3.49. The zero-order valence-corrected chi connectivity index (χ0v) is 24.5. The Hall–Kier alpha value is -3.69. The van der Waals surface area contributed by atoms with Gasteiger partial charge in [0.1, 0.15) is 10.9 Å². The number of hydrogen-bond acceptors (Lipinski definition) is 5. The molecular formula is C31H34ClN3O5S. The van der Waals surface area contributed by atoms with Crippen molar-refractivity contribution in [2.45, 2.75) is 56.5 Å². The van der Waals surface area contributed by atoms with E-state index in [9.17, 15) is 22.8 Å². The first kappa shape index (κ1) is 30.3. The van der Waals surface area contributed by atoms with Crippen molar-refractivity contribution in [3.05, 3.63) is 101 Å². The first-order valence-corrected chi connectivity index (χ1v) is 15.6. The second kappa shape index (κ2) is 13.8. The number of nitrogens with zero attached hydrogens (tertiary/aromatic N) is 2. The van der Waals surface area contributed by atoms with Crippen molar-refractivity contribution in [3.63, 3.8) is 0 Å². The Bertz CT molecular complexity index is 1500. The summed E-state index contributed by atoms with van der Waals surface area (Å²) >= 11 is 6.22. The van der Waals surface area contributed by atoms with Gasteiger partial charge in [-0.2, -0.15) is 0 Å². The molecule has 41 heavy (non-hydrogen) atoms. The number of nitrogens with one attached hydrogen (secondary N) is 1. The molecule has 3 aromatic carbocycles. The summed E-state index contributed by atoms with van der Waals surface area (Å²) in [7, 11) is -3.97. The molecule has 0 saturated heterocycles. The molecule has 1 heterocycles. The van der Waals surface area contributed by atoms with E-state index in [1.54, 1.807) is 30.3 Å². The first-order chi connectivity index (χ1) is 19.7. The number of fused-ring (bicyclic) bond motifs is 1. The van der Waals surface area contributed by atoms with E-state index in [0.29, 0.717) is 18.0 Å². The average Bonchev–Trinajstić information content (AvgIpc) is 3.16. The number of rotatable bonds is 13. The van der Waals surface area contributed by atoms with Crippen LogP contribution >= 0.6 is 11.6 Å². The van der Waals surface area contributed by atoms with Crippen molar-refractivity contribution in [2.75, 3.05) is 13.1 Å². The van der Waals surface area contributed by atoms with Crippen LogP contribution in [0.4, 0.5) is 0 Å². The van der Waals surface area contributed by atoms with Gasteiger partial charge < -0.3 is 10.2 Å². The van der Waals surface area contributed by atoms with Crippen molar-refractivity contribution in [2.24, 2.45) is 0 Å². The Kier molecular flexibility index (Phi) is 10.2. The Morgan fingerprint density at radius 2 is 1.66 bits per heavy atom. The number of benzene rings is 3. The summed E-state index contributed by atoms with van der Waals surface area (Å²) in [6, 6.07) is 21.9. The lowest BCUT2D eigenvalue weighted by atomic mass is 10.0. The van der Waals surface area contributed by atoms with E-state index in [1.165, 1.54) is 17.0 Å². The van der Waals surface area contributed by atoms with Gasteiger partial charge in [0.05, 0.1) is 5.56 Å². The molecule has 4 rings (SSSR count). The third-order valence-electron chi connectivity index (χ3n) is 7.01. The first-order valence-electron chi connectivity index (χ1n) is 13.7. The fourth-order valence-corrected chi connectivity index (χ4v) is 6.68. The minimum absolute atomic E-state index is 0.0226. The molecule has 0 unspecified atom stereocenters. The van der Waals surface area contributed by atoms with Crippen molar-refractivity contribution >= 4 is 39.3 Å². The second-order valence-electron chi connectivity index (χ2n) is 9.98. The highest BCUT2D eigenvalue weighted by Crippen LogP contribution is 2.30. The maximum absolute atomic E-state index is 13.8. The van der Waals surface area contributed by atoms with Gasteiger partial charge in [-0.25, -0.2) is 12.7 Å². The van der Waals surface area contributed by atoms with Gasteiger partial charge in [0.15, 0.2) is 0 Å². The minimum atomic E-state index is -3.97. The minimum Gasteiger partial charge on any atom is -0.354 e. The highest BCUT2D eigenvalue weighted by atomic mass is 35.5. The number of unbranched alkanes of at least 4 members (excludes halogenated alkanes) is 1. The molecule has 1 aliphatic heterocycles. The van der Waals surface area contributed by atoms with E-state index < -0.39 is 22.0 Å². The van der Waals surface area contributed by atoms with Gasteiger partial charge in [0.25, 0.3) is 15.9 Å². The van der Waals surface area contributed by atoms with Crippen LogP contribution in [-0.4, -0.2) is 54.5 Å². The van der Waals surface area contributed by atoms with Crippen molar-refractivity contribution in [1.82, 2.24) is 14.5 Å². The Balaban J connectivity index is 1.56. The lowest BCUT2D eigenvalue weighted by Crippen LogP contribution is -2.50. The zero-order chi connectivity index (χ0) is 29.4. The number of halogens is 1. The number of carbonyl (C=O) groups is 3. The third-order valence-corrected chi connectivity index (χ3v) is 9.08. The molecule has 216 valence electrons.